The Morgan fingerprint density at radius 1 is 1.20 bits per heavy atom. The molecular formula is C14H10FNO4. The van der Waals surface area contributed by atoms with Crippen molar-refractivity contribution in [2.75, 3.05) is 0 Å². The van der Waals surface area contributed by atoms with Gasteiger partial charge in [-0.25, -0.2) is 4.39 Å². The Hall–Kier alpha value is -2.76. The first-order valence-electron chi connectivity index (χ1n) is 5.71. The van der Waals surface area contributed by atoms with Crippen LogP contribution in [0.25, 0.3) is 0 Å². The average molecular weight is 275 g/mol. The fraction of sp³-hybridized carbons (Fsp3) is 0.0714. The van der Waals surface area contributed by atoms with Crippen LogP contribution in [0.1, 0.15) is 17.3 Å². The number of ether oxygens (including phenoxy) is 1. The molecular weight excluding hydrogens is 265 g/mol. The topological polar surface area (TPSA) is 69.4 Å². The van der Waals surface area contributed by atoms with Crippen molar-refractivity contribution in [3.63, 3.8) is 0 Å². The number of para-hydroxylation sites is 2. The van der Waals surface area contributed by atoms with Crippen molar-refractivity contribution in [2.45, 2.75) is 6.92 Å². The summed E-state index contributed by atoms with van der Waals surface area (Å²) in [5.74, 6) is -1.57. The van der Waals surface area contributed by atoms with Crippen molar-refractivity contribution in [3.05, 3.63) is 64.0 Å². The predicted octanol–water partition coefficient (Wildman–Crippen LogP) is 3.73. The van der Waals surface area contributed by atoms with E-state index >= 15 is 0 Å². The van der Waals surface area contributed by atoms with Gasteiger partial charge in [-0.3, -0.25) is 14.9 Å². The number of hydrogen-bond acceptors (Lipinski definition) is 4. The molecule has 2 rings (SSSR count). The molecule has 102 valence electrons. The first-order valence-corrected chi connectivity index (χ1v) is 5.71. The SMILES string of the molecule is CC(=O)c1ccccc1Oc1c(F)cccc1[N+](=O)[O-]. The van der Waals surface area contributed by atoms with Crippen LogP contribution in [0.4, 0.5) is 10.1 Å². The highest BCUT2D eigenvalue weighted by Gasteiger charge is 2.21. The fourth-order valence-corrected chi connectivity index (χ4v) is 1.70. The molecule has 0 atom stereocenters. The summed E-state index contributed by atoms with van der Waals surface area (Å²) in [4.78, 5) is 21.6. The van der Waals surface area contributed by atoms with Crippen LogP contribution in [0.15, 0.2) is 42.5 Å². The molecule has 0 saturated carbocycles. The van der Waals surface area contributed by atoms with Crippen LogP contribution in [-0.4, -0.2) is 10.7 Å². The number of Topliss-reactive ketones (excluding diaryl/α,β-unsaturated/α-hetero) is 1. The van der Waals surface area contributed by atoms with Gasteiger partial charge in [0.2, 0.25) is 5.75 Å². The van der Waals surface area contributed by atoms with Crippen LogP contribution < -0.4 is 4.74 Å². The van der Waals surface area contributed by atoms with E-state index in [2.05, 4.69) is 0 Å². The summed E-state index contributed by atoms with van der Waals surface area (Å²) in [5.41, 5.74) is -0.270. The monoisotopic (exact) mass is 275 g/mol. The van der Waals surface area contributed by atoms with E-state index in [1.54, 1.807) is 12.1 Å². The van der Waals surface area contributed by atoms with Gasteiger partial charge in [0.05, 0.1) is 10.5 Å². The number of benzene rings is 2. The molecule has 0 fully saturated rings. The van der Waals surface area contributed by atoms with Gasteiger partial charge in [0, 0.05) is 6.07 Å². The standard InChI is InChI=1S/C14H10FNO4/c1-9(17)10-5-2-3-8-13(10)20-14-11(15)6-4-7-12(14)16(18)19/h2-8H,1H3. The van der Waals surface area contributed by atoms with Crippen LogP contribution >= 0.6 is 0 Å². The van der Waals surface area contributed by atoms with Crippen molar-refractivity contribution in [1.29, 1.82) is 0 Å². The lowest BCUT2D eigenvalue weighted by atomic mass is 10.1. The highest BCUT2D eigenvalue weighted by Crippen LogP contribution is 2.35. The molecule has 0 N–H and O–H groups in total. The van der Waals surface area contributed by atoms with Gasteiger partial charge in [-0.05, 0) is 25.1 Å². The lowest BCUT2D eigenvalue weighted by molar-refractivity contribution is -0.385. The van der Waals surface area contributed by atoms with E-state index in [0.717, 1.165) is 12.1 Å². The molecule has 6 heteroatoms. The number of carbonyl (C=O) groups excluding carboxylic acids is 1. The molecule has 5 nitrogen and oxygen atoms in total. The number of halogens is 1. The summed E-state index contributed by atoms with van der Waals surface area (Å²) in [6, 6.07) is 9.58. The number of nitro benzene ring substituents is 1. The van der Waals surface area contributed by atoms with E-state index in [-0.39, 0.29) is 17.1 Å². The molecule has 20 heavy (non-hydrogen) atoms. The van der Waals surface area contributed by atoms with E-state index in [1.807, 2.05) is 0 Å². The number of ketones is 1. The van der Waals surface area contributed by atoms with Gasteiger partial charge in [0.1, 0.15) is 5.75 Å². The van der Waals surface area contributed by atoms with Gasteiger partial charge in [-0.15, -0.1) is 0 Å². The van der Waals surface area contributed by atoms with E-state index in [4.69, 9.17) is 4.74 Å². The minimum absolute atomic E-state index is 0.0770. The maximum atomic E-state index is 13.7. The third kappa shape index (κ3) is 2.64. The van der Waals surface area contributed by atoms with E-state index < -0.39 is 22.2 Å². The second-order valence-corrected chi connectivity index (χ2v) is 4.00. The Morgan fingerprint density at radius 3 is 2.55 bits per heavy atom. The molecule has 0 aliphatic rings. The number of hydrogen-bond donors (Lipinski definition) is 0. The first kappa shape index (κ1) is 13.7. The first-order chi connectivity index (χ1) is 9.50. The zero-order chi connectivity index (χ0) is 14.7. The lowest BCUT2D eigenvalue weighted by Crippen LogP contribution is -2.00. The molecule has 0 spiro atoms. The molecule has 0 amide bonds. The fourth-order valence-electron chi connectivity index (χ4n) is 1.70. The van der Waals surface area contributed by atoms with Crippen molar-refractivity contribution in [3.8, 4) is 11.5 Å². The molecule has 0 aliphatic carbocycles. The molecule has 0 saturated heterocycles. The number of carbonyl (C=O) groups is 1. The Kier molecular flexibility index (Phi) is 3.74. The summed E-state index contributed by atoms with van der Waals surface area (Å²) in [5, 5.41) is 10.9. The van der Waals surface area contributed by atoms with E-state index in [0.29, 0.717) is 0 Å². The summed E-state index contributed by atoms with van der Waals surface area (Å²) in [6.45, 7) is 1.33. The van der Waals surface area contributed by atoms with E-state index in [1.165, 1.54) is 25.1 Å². The van der Waals surface area contributed by atoms with Crippen molar-refractivity contribution >= 4 is 11.5 Å². The van der Waals surface area contributed by atoms with Gasteiger partial charge in [0.25, 0.3) is 0 Å². The highest BCUT2D eigenvalue weighted by atomic mass is 19.1. The van der Waals surface area contributed by atoms with Crippen molar-refractivity contribution in [1.82, 2.24) is 0 Å². The number of nitro groups is 1. The minimum Gasteiger partial charge on any atom is -0.446 e. The van der Waals surface area contributed by atoms with Gasteiger partial charge in [0.15, 0.2) is 11.6 Å². The quantitative estimate of drug-likeness (QED) is 0.484. The van der Waals surface area contributed by atoms with Gasteiger partial charge < -0.3 is 4.74 Å². The molecule has 2 aromatic rings. The van der Waals surface area contributed by atoms with E-state index in [9.17, 15) is 19.3 Å². The van der Waals surface area contributed by atoms with Gasteiger partial charge in [-0.2, -0.15) is 0 Å². The summed E-state index contributed by atoms with van der Waals surface area (Å²) in [7, 11) is 0. The third-order valence-corrected chi connectivity index (χ3v) is 2.62. The van der Waals surface area contributed by atoms with Crippen molar-refractivity contribution in [2.24, 2.45) is 0 Å². The second-order valence-electron chi connectivity index (χ2n) is 4.00. The van der Waals surface area contributed by atoms with Crippen LogP contribution in [0.5, 0.6) is 11.5 Å². The zero-order valence-electron chi connectivity index (χ0n) is 10.5. The van der Waals surface area contributed by atoms with Crippen LogP contribution in [0.3, 0.4) is 0 Å². The zero-order valence-corrected chi connectivity index (χ0v) is 10.5. The Balaban J connectivity index is 2.51. The molecule has 2 aromatic carbocycles. The third-order valence-electron chi connectivity index (χ3n) is 2.62. The Labute approximate surface area is 113 Å². The number of rotatable bonds is 4. The van der Waals surface area contributed by atoms with Crippen LogP contribution in [0, 0.1) is 15.9 Å². The van der Waals surface area contributed by atoms with Crippen LogP contribution in [0.2, 0.25) is 0 Å². The molecule has 0 aromatic heterocycles. The largest absolute Gasteiger partial charge is 0.446 e. The summed E-state index contributed by atoms with van der Waals surface area (Å²) >= 11 is 0. The summed E-state index contributed by atoms with van der Waals surface area (Å²) < 4.78 is 19.0. The smallest absolute Gasteiger partial charge is 0.314 e. The highest BCUT2D eigenvalue weighted by molar-refractivity contribution is 5.96. The maximum Gasteiger partial charge on any atom is 0.314 e. The lowest BCUT2D eigenvalue weighted by Gasteiger charge is -2.10. The van der Waals surface area contributed by atoms with Gasteiger partial charge in [-0.1, -0.05) is 18.2 Å². The molecule has 0 unspecified atom stereocenters. The van der Waals surface area contributed by atoms with Gasteiger partial charge >= 0.3 is 5.69 Å². The van der Waals surface area contributed by atoms with Crippen molar-refractivity contribution < 1.29 is 18.8 Å². The molecule has 0 aliphatic heterocycles. The molecule has 0 radical (unpaired) electrons. The predicted molar refractivity (Wildman–Crippen MR) is 69.6 cm³/mol. The Morgan fingerprint density at radius 2 is 1.90 bits per heavy atom. The summed E-state index contributed by atoms with van der Waals surface area (Å²) in [6.07, 6.45) is 0. The Bertz CT molecular complexity index is 685. The molecule has 0 heterocycles. The molecule has 0 bridgehead atoms. The average Bonchev–Trinajstić information content (AvgIpc) is 2.41. The minimum atomic E-state index is -0.863. The maximum absolute atomic E-state index is 13.7. The van der Waals surface area contributed by atoms with Crippen LogP contribution in [-0.2, 0) is 0 Å². The second kappa shape index (κ2) is 5.48. The normalized spacial score (nSPS) is 10.1. The number of nitrogens with zero attached hydrogens (tertiary/aromatic N) is 1.